The van der Waals surface area contributed by atoms with Crippen LogP contribution in [0.2, 0.25) is 0 Å². The van der Waals surface area contributed by atoms with E-state index in [0.29, 0.717) is 18.8 Å². The number of anilines is 1. The van der Waals surface area contributed by atoms with Crippen molar-refractivity contribution < 1.29 is 17.9 Å². The van der Waals surface area contributed by atoms with Crippen LogP contribution >= 0.6 is 0 Å². The highest BCUT2D eigenvalue weighted by atomic mass is 32.2. The van der Waals surface area contributed by atoms with Crippen LogP contribution in [-0.2, 0) is 21.1 Å². The highest BCUT2D eigenvalue weighted by molar-refractivity contribution is 7.91. The van der Waals surface area contributed by atoms with Gasteiger partial charge in [0.1, 0.15) is 11.1 Å². The van der Waals surface area contributed by atoms with Crippen molar-refractivity contribution in [2.75, 3.05) is 11.9 Å². The third-order valence-electron chi connectivity index (χ3n) is 4.77. The Labute approximate surface area is 173 Å². The standard InChI is InChI=1S/C19H22N6O4S/c26-19(20-9-14-10-21-22-11-14)24-15-4-6-16(7-5-15)30(27,28)17-12-23-25(13-17)18-3-1-2-8-29-18/h4-7,10-13,18H,1-3,8-9H2,(H,21,22)(H2,20,24,26). The SMILES string of the molecule is O=C(NCc1cn[nH]c1)Nc1ccc(S(=O)(=O)c2cnn(C3CCCCO3)c2)cc1. The van der Waals surface area contributed by atoms with E-state index in [2.05, 4.69) is 25.9 Å². The minimum Gasteiger partial charge on any atom is -0.357 e. The first-order valence-corrected chi connectivity index (χ1v) is 11.0. The minimum absolute atomic E-state index is 0.107. The Kier molecular flexibility index (Phi) is 5.81. The molecule has 0 aliphatic carbocycles. The Hall–Kier alpha value is -3.18. The van der Waals surface area contributed by atoms with E-state index in [1.165, 1.54) is 24.5 Å². The van der Waals surface area contributed by atoms with Gasteiger partial charge in [0.2, 0.25) is 9.84 Å². The molecular weight excluding hydrogens is 408 g/mol. The Morgan fingerprint density at radius 1 is 1.20 bits per heavy atom. The number of hydrogen-bond acceptors (Lipinski definition) is 6. The van der Waals surface area contributed by atoms with Crippen molar-refractivity contribution in [3.8, 4) is 0 Å². The molecule has 0 radical (unpaired) electrons. The number of aromatic amines is 1. The lowest BCUT2D eigenvalue weighted by atomic mass is 10.2. The molecule has 1 atom stereocenters. The quantitative estimate of drug-likeness (QED) is 0.551. The zero-order valence-electron chi connectivity index (χ0n) is 16.1. The molecule has 1 aliphatic rings. The number of amides is 2. The zero-order chi connectivity index (χ0) is 21.0. The van der Waals surface area contributed by atoms with Crippen LogP contribution in [0, 0.1) is 0 Å². The monoisotopic (exact) mass is 430 g/mol. The molecule has 3 heterocycles. The summed E-state index contributed by atoms with van der Waals surface area (Å²) in [6.07, 6.45) is 8.75. The van der Waals surface area contributed by atoms with Gasteiger partial charge in [-0.3, -0.25) is 5.10 Å². The number of aromatic nitrogens is 4. The number of benzene rings is 1. The normalized spacial score (nSPS) is 16.9. The minimum atomic E-state index is -3.72. The van der Waals surface area contributed by atoms with Crippen molar-refractivity contribution in [3.63, 3.8) is 0 Å². The molecule has 30 heavy (non-hydrogen) atoms. The first kappa shape index (κ1) is 20.1. The summed E-state index contributed by atoms with van der Waals surface area (Å²) < 4.78 is 33.0. The summed E-state index contributed by atoms with van der Waals surface area (Å²) in [5, 5.41) is 16.0. The number of sulfone groups is 1. The van der Waals surface area contributed by atoms with Crippen LogP contribution in [-0.4, -0.2) is 41.0 Å². The van der Waals surface area contributed by atoms with Crippen molar-refractivity contribution in [3.05, 3.63) is 54.6 Å². The summed E-state index contributed by atoms with van der Waals surface area (Å²) in [7, 11) is -3.72. The largest absolute Gasteiger partial charge is 0.357 e. The van der Waals surface area contributed by atoms with Crippen LogP contribution in [0.3, 0.4) is 0 Å². The summed E-state index contributed by atoms with van der Waals surface area (Å²) in [4.78, 5) is 12.2. The molecular formula is C19H22N6O4S. The van der Waals surface area contributed by atoms with E-state index in [-0.39, 0.29) is 16.0 Å². The van der Waals surface area contributed by atoms with Crippen LogP contribution in [0.1, 0.15) is 31.1 Å². The van der Waals surface area contributed by atoms with Gasteiger partial charge in [-0.25, -0.2) is 17.9 Å². The number of H-pyrrole nitrogens is 1. The molecule has 3 aromatic rings. The first-order chi connectivity index (χ1) is 14.5. The van der Waals surface area contributed by atoms with E-state index in [4.69, 9.17) is 4.74 Å². The van der Waals surface area contributed by atoms with Gasteiger partial charge in [0.25, 0.3) is 0 Å². The van der Waals surface area contributed by atoms with Gasteiger partial charge in [-0.05, 0) is 43.5 Å². The lowest BCUT2D eigenvalue weighted by Gasteiger charge is -2.22. The Bertz CT molecular complexity index is 1090. The highest BCUT2D eigenvalue weighted by Gasteiger charge is 2.23. The number of carbonyl (C=O) groups excluding carboxylic acids is 1. The number of carbonyl (C=O) groups is 1. The lowest BCUT2D eigenvalue weighted by Crippen LogP contribution is -2.28. The van der Waals surface area contributed by atoms with Crippen LogP contribution in [0.15, 0.2) is 58.8 Å². The molecule has 1 aliphatic heterocycles. The van der Waals surface area contributed by atoms with Gasteiger partial charge in [-0.1, -0.05) is 0 Å². The van der Waals surface area contributed by atoms with E-state index >= 15 is 0 Å². The molecule has 1 fully saturated rings. The molecule has 10 nitrogen and oxygen atoms in total. The number of hydrogen-bond donors (Lipinski definition) is 3. The summed E-state index contributed by atoms with van der Waals surface area (Å²) in [6.45, 7) is 0.972. The fourth-order valence-electron chi connectivity index (χ4n) is 3.13. The number of urea groups is 1. The summed E-state index contributed by atoms with van der Waals surface area (Å²) >= 11 is 0. The number of nitrogens with zero attached hydrogens (tertiary/aromatic N) is 3. The van der Waals surface area contributed by atoms with Gasteiger partial charge in [0.15, 0.2) is 0 Å². The highest BCUT2D eigenvalue weighted by Crippen LogP contribution is 2.26. The molecule has 0 spiro atoms. The van der Waals surface area contributed by atoms with Crippen molar-refractivity contribution in [1.82, 2.24) is 25.3 Å². The lowest BCUT2D eigenvalue weighted by molar-refractivity contribution is -0.0396. The van der Waals surface area contributed by atoms with Crippen LogP contribution < -0.4 is 10.6 Å². The van der Waals surface area contributed by atoms with E-state index < -0.39 is 15.9 Å². The van der Waals surface area contributed by atoms with Gasteiger partial charge in [-0.2, -0.15) is 10.2 Å². The molecule has 4 rings (SSSR count). The molecule has 0 saturated carbocycles. The molecule has 158 valence electrons. The third kappa shape index (κ3) is 4.52. The fraction of sp³-hybridized carbons (Fsp3) is 0.316. The Morgan fingerprint density at radius 3 is 2.73 bits per heavy atom. The Morgan fingerprint density at radius 2 is 2.03 bits per heavy atom. The van der Waals surface area contributed by atoms with Crippen LogP contribution in [0.25, 0.3) is 0 Å². The predicted molar refractivity (Wildman–Crippen MR) is 107 cm³/mol. The topological polar surface area (TPSA) is 131 Å². The van der Waals surface area contributed by atoms with Crippen molar-refractivity contribution in [1.29, 1.82) is 0 Å². The van der Waals surface area contributed by atoms with Crippen LogP contribution in [0.4, 0.5) is 10.5 Å². The molecule has 2 aromatic heterocycles. The second-order valence-electron chi connectivity index (χ2n) is 6.92. The van der Waals surface area contributed by atoms with E-state index in [1.54, 1.807) is 29.2 Å². The number of ether oxygens (including phenoxy) is 1. The first-order valence-electron chi connectivity index (χ1n) is 9.56. The van der Waals surface area contributed by atoms with Gasteiger partial charge >= 0.3 is 6.03 Å². The maximum Gasteiger partial charge on any atom is 0.319 e. The summed E-state index contributed by atoms with van der Waals surface area (Å²) in [6, 6.07) is 5.59. The molecule has 11 heteroatoms. The van der Waals surface area contributed by atoms with E-state index in [9.17, 15) is 13.2 Å². The third-order valence-corrected chi connectivity index (χ3v) is 6.49. The average molecular weight is 430 g/mol. The second-order valence-corrected chi connectivity index (χ2v) is 8.87. The average Bonchev–Trinajstić information content (AvgIpc) is 3.46. The molecule has 1 aromatic carbocycles. The smallest absolute Gasteiger partial charge is 0.319 e. The van der Waals surface area contributed by atoms with E-state index in [1.807, 2.05) is 0 Å². The summed E-state index contributed by atoms with van der Waals surface area (Å²) in [5.41, 5.74) is 1.32. The van der Waals surface area contributed by atoms with Gasteiger partial charge < -0.3 is 15.4 Å². The van der Waals surface area contributed by atoms with Crippen LogP contribution in [0.5, 0.6) is 0 Å². The number of nitrogens with one attached hydrogen (secondary N) is 3. The maximum atomic E-state index is 12.9. The fourth-order valence-corrected chi connectivity index (χ4v) is 4.33. The molecule has 0 bridgehead atoms. The zero-order valence-corrected chi connectivity index (χ0v) is 16.9. The van der Waals surface area contributed by atoms with E-state index in [0.717, 1.165) is 24.8 Å². The number of rotatable bonds is 6. The van der Waals surface area contributed by atoms with Gasteiger partial charge in [0.05, 0.1) is 17.3 Å². The van der Waals surface area contributed by atoms with Crippen molar-refractivity contribution in [2.45, 2.75) is 41.8 Å². The van der Waals surface area contributed by atoms with Crippen molar-refractivity contribution in [2.24, 2.45) is 0 Å². The summed E-state index contributed by atoms with van der Waals surface area (Å²) in [5.74, 6) is 0. The molecule has 3 N–H and O–H groups in total. The van der Waals surface area contributed by atoms with Gasteiger partial charge in [0, 0.05) is 36.8 Å². The molecule has 1 saturated heterocycles. The molecule has 2 amide bonds. The second kappa shape index (κ2) is 8.67. The van der Waals surface area contributed by atoms with Gasteiger partial charge in [-0.15, -0.1) is 0 Å². The van der Waals surface area contributed by atoms with Crippen molar-refractivity contribution >= 4 is 21.6 Å². The molecule has 1 unspecified atom stereocenters. The predicted octanol–water partition coefficient (Wildman–Crippen LogP) is 2.46. The maximum absolute atomic E-state index is 12.9. The Balaban J connectivity index is 1.40.